The normalized spacial score (nSPS) is 11.8. The molecule has 0 radical (unpaired) electrons. The second-order valence-electron chi connectivity index (χ2n) is 4.91. The Bertz CT molecular complexity index is 967. The van der Waals surface area contributed by atoms with Gasteiger partial charge in [0, 0.05) is 22.1 Å². The molecule has 0 spiro atoms. The minimum Gasteiger partial charge on any atom is -0.360 e. The minimum atomic E-state index is -3.83. The molecule has 22 heavy (non-hydrogen) atoms. The summed E-state index contributed by atoms with van der Waals surface area (Å²) < 4.78 is 40.9. The van der Waals surface area contributed by atoms with Crippen molar-refractivity contribution in [3.63, 3.8) is 0 Å². The molecule has 0 unspecified atom stereocenters. The summed E-state index contributed by atoms with van der Waals surface area (Å²) in [6.07, 6.45) is 1.38. The van der Waals surface area contributed by atoms with Crippen molar-refractivity contribution in [3.05, 3.63) is 59.0 Å². The van der Waals surface area contributed by atoms with E-state index in [9.17, 15) is 12.8 Å². The highest BCUT2D eigenvalue weighted by molar-refractivity contribution is 7.93. The van der Waals surface area contributed by atoms with Crippen LogP contribution < -0.4 is 4.72 Å². The van der Waals surface area contributed by atoms with Gasteiger partial charge in [0.2, 0.25) is 0 Å². The van der Waals surface area contributed by atoms with Crippen molar-refractivity contribution in [2.24, 2.45) is 0 Å². The van der Waals surface area contributed by atoms with Crippen LogP contribution in [0.1, 0.15) is 5.56 Å². The van der Waals surface area contributed by atoms with Gasteiger partial charge in [0.15, 0.2) is 0 Å². The number of hydrogen-bond donors (Lipinski definition) is 2. The maximum Gasteiger partial charge on any atom is 0.264 e. The van der Waals surface area contributed by atoms with Gasteiger partial charge in [-0.25, -0.2) is 12.8 Å². The third kappa shape index (κ3) is 2.67. The molecule has 1 heterocycles. The van der Waals surface area contributed by atoms with Gasteiger partial charge in [-0.3, -0.25) is 4.72 Å². The molecular formula is C15H12ClFN2O2S. The van der Waals surface area contributed by atoms with Crippen LogP contribution in [0.15, 0.2) is 47.5 Å². The molecular weight excluding hydrogens is 327 g/mol. The Balaban J connectivity index is 2.02. The van der Waals surface area contributed by atoms with Crippen LogP contribution in [0.3, 0.4) is 0 Å². The summed E-state index contributed by atoms with van der Waals surface area (Å²) >= 11 is 5.88. The molecule has 0 amide bonds. The fourth-order valence-corrected chi connectivity index (χ4v) is 3.56. The van der Waals surface area contributed by atoms with Gasteiger partial charge in [0.05, 0.1) is 5.69 Å². The number of halogens is 2. The number of benzene rings is 2. The average molecular weight is 339 g/mol. The SMILES string of the molecule is Cc1ccc(NS(=O)(=O)c2c[nH]c3cc(Cl)ccc23)cc1F. The van der Waals surface area contributed by atoms with Gasteiger partial charge in [0.1, 0.15) is 10.7 Å². The maximum atomic E-state index is 13.5. The first-order valence-corrected chi connectivity index (χ1v) is 8.28. The smallest absolute Gasteiger partial charge is 0.264 e. The lowest BCUT2D eigenvalue weighted by Crippen LogP contribution is -2.12. The zero-order valence-electron chi connectivity index (χ0n) is 11.5. The Kier molecular flexibility index (Phi) is 3.58. The van der Waals surface area contributed by atoms with Gasteiger partial charge in [-0.2, -0.15) is 0 Å². The molecule has 0 aliphatic rings. The van der Waals surface area contributed by atoms with E-state index in [-0.39, 0.29) is 10.6 Å². The molecule has 114 valence electrons. The number of aryl methyl sites for hydroxylation is 1. The maximum absolute atomic E-state index is 13.5. The molecule has 0 atom stereocenters. The molecule has 2 N–H and O–H groups in total. The average Bonchev–Trinajstić information content (AvgIpc) is 2.86. The zero-order chi connectivity index (χ0) is 15.9. The van der Waals surface area contributed by atoms with Crippen LogP contribution in [-0.4, -0.2) is 13.4 Å². The summed E-state index contributed by atoms with van der Waals surface area (Å²) in [4.78, 5) is 2.95. The van der Waals surface area contributed by atoms with Crippen molar-refractivity contribution in [2.45, 2.75) is 11.8 Å². The lowest BCUT2D eigenvalue weighted by Gasteiger charge is -2.08. The number of fused-ring (bicyclic) bond motifs is 1. The molecule has 3 rings (SSSR count). The number of H-pyrrole nitrogens is 1. The number of sulfonamides is 1. The van der Waals surface area contributed by atoms with E-state index in [0.29, 0.717) is 21.5 Å². The number of hydrogen-bond acceptors (Lipinski definition) is 2. The summed E-state index contributed by atoms with van der Waals surface area (Å²) in [6, 6.07) is 9.06. The molecule has 0 saturated carbocycles. The van der Waals surface area contributed by atoms with Gasteiger partial charge >= 0.3 is 0 Å². The third-order valence-corrected chi connectivity index (χ3v) is 4.98. The summed E-state index contributed by atoms with van der Waals surface area (Å²) in [5.41, 5.74) is 1.24. The van der Waals surface area contributed by atoms with E-state index in [0.717, 1.165) is 6.07 Å². The molecule has 0 fully saturated rings. The highest BCUT2D eigenvalue weighted by Gasteiger charge is 2.19. The largest absolute Gasteiger partial charge is 0.360 e. The number of anilines is 1. The lowest BCUT2D eigenvalue weighted by atomic mass is 10.2. The van der Waals surface area contributed by atoms with Crippen LogP contribution in [0.5, 0.6) is 0 Å². The predicted octanol–water partition coefficient (Wildman–Crippen LogP) is 4.07. The van der Waals surface area contributed by atoms with E-state index in [2.05, 4.69) is 9.71 Å². The highest BCUT2D eigenvalue weighted by Crippen LogP contribution is 2.27. The first kappa shape index (κ1) is 14.9. The summed E-state index contributed by atoms with van der Waals surface area (Å²) in [5.74, 6) is -0.467. The van der Waals surface area contributed by atoms with E-state index in [4.69, 9.17) is 11.6 Å². The Morgan fingerprint density at radius 2 is 1.95 bits per heavy atom. The molecule has 3 aromatic rings. The van der Waals surface area contributed by atoms with Crippen LogP contribution in [0.25, 0.3) is 10.9 Å². The van der Waals surface area contributed by atoms with Crippen LogP contribution in [0.4, 0.5) is 10.1 Å². The summed E-state index contributed by atoms with van der Waals surface area (Å²) in [7, 11) is -3.83. The van der Waals surface area contributed by atoms with Crippen molar-refractivity contribution in [1.29, 1.82) is 0 Å². The van der Waals surface area contributed by atoms with Crippen LogP contribution >= 0.6 is 11.6 Å². The number of aromatic amines is 1. The van der Waals surface area contributed by atoms with Crippen LogP contribution in [0, 0.1) is 12.7 Å². The second kappa shape index (κ2) is 5.30. The van der Waals surface area contributed by atoms with Crippen molar-refractivity contribution < 1.29 is 12.8 Å². The standard InChI is InChI=1S/C15H12ClFN2O2S/c1-9-2-4-11(7-13(9)17)19-22(20,21)15-8-18-14-6-10(16)3-5-12(14)15/h2-8,18-19H,1H3. The van der Waals surface area contributed by atoms with E-state index in [1.54, 1.807) is 25.1 Å². The monoisotopic (exact) mass is 338 g/mol. The molecule has 0 bridgehead atoms. The van der Waals surface area contributed by atoms with Crippen LogP contribution in [-0.2, 0) is 10.0 Å². The number of nitrogens with one attached hydrogen (secondary N) is 2. The number of aromatic nitrogens is 1. The molecule has 4 nitrogen and oxygen atoms in total. The highest BCUT2D eigenvalue weighted by atomic mass is 35.5. The predicted molar refractivity (Wildman–Crippen MR) is 85.3 cm³/mol. The van der Waals surface area contributed by atoms with Crippen LogP contribution in [0.2, 0.25) is 5.02 Å². The topological polar surface area (TPSA) is 62.0 Å². The fourth-order valence-electron chi connectivity index (χ4n) is 2.16. The Hall–Kier alpha value is -2.05. The summed E-state index contributed by atoms with van der Waals surface area (Å²) in [5, 5.41) is 1.02. The quantitative estimate of drug-likeness (QED) is 0.756. The molecule has 0 saturated heterocycles. The van der Waals surface area contributed by atoms with Crippen molar-refractivity contribution >= 4 is 38.2 Å². The van der Waals surface area contributed by atoms with E-state index < -0.39 is 15.8 Å². The molecule has 0 aliphatic carbocycles. The molecule has 0 aliphatic heterocycles. The van der Waals surface area contributed by atoms with Crippen molar-refractivity contribution in [2.75, 3.05) is 4.72 Å². The Labute approximate surface area is 132 Å². The summed E-state index contributed by atoms with van der Waals surface area (Å²) in [6.45, 7) is 1.61. The van der Waals surface area contributed by atoms with Gasteiger partial charge in [-0.1, -0.05) is 17.7 Å². The first-order valence-electron chi connectivity index (χ1n) is 6.42. The molecule has 7 heteroatoms. The third-order valence-electron chi connectivity index (χ3n) is 3.32. The Morgan fingerprint density at radius 1 is 1.18 bits per heavy atom. The van der Waals surface area contributed by atoms with Gasteiger partial charge in [-0.15, -0.1) is 0 Å². The van der Waals surface area contributed by atoms with Gasteiger partial charge in [0.25, 0.3) is 10.0 Å². The van der Waals surface area contributed by atoms with E-state index in [1.807, 2.05) is 0 Å². The lowest BCUT2D eigenvalue weighted by molar-refractivity contribution is 0.601. The van der Waals surface area contributed by atoms with Gasteiger partial charge in [-0.05, 0) is 42.8 Å². The van der Waals surface area contributed by atoms with E-state index >= 15 is 0 Å². The van der Waals surface area contributed by atoms with Gasteiger partial charge < -0.3 is 4.98 Å². The minimum absolute atomic E-state index is 0.0835. The molecule has 1 aromatic heterocycles. The number of rotatable bonds is 3. The van der Waals surface area contributed by atoms with Crippen molar-refractivity contribution in [1.82, 2.24) is 4.98 Å². The Morgan fingerprint density at radius 3 is 2.68 bits per heavy atom. The zero-order valence-corrected chi connectivity index (χ0v) is 13.1. The molecule has 2 aromatic carbocycles. The van der Waals surface area contributed by atoms with E-state index in [1.165, 1.54) is 18.3 Å². The van der Waals surface area contributed by atoms with Crippen molar-refractivity contribution in [3.8, 4) is 0 Å². The first-order chi connectivity index (χ1) is 10.4. The fraction of sp³-hybridized carbons (Fsp3) is 0.0667. The second-order valence-corrected chi connectivity index (χ2v) is 7.00.